The molecule has 1 aliphatic heterocycles. The molecular weight excluding hydrogens is 460 g/mol. The van der Waals surface area contributed by atoms with E-state index in [4.69, 9.17) is 4.74 Å². The van der Waals surface area contributed by atoms with Crippen LogP contribution in [0, 0.1) is 0 Å². The summed E-state index contributed by atoms with van der Waals surface area (Å²) in [6.07, 6.45) is 4.09. The Morgan fingerprint density at radius 2 is 1.92 bits per heavy atom. The maximum atomic E-state index is 12.4. The van der Waals surface area contributed by atoms with Crippen LogP contribution >= 0.6 is 24.0 Å². The number of alkyl halides is 3. The van der Waals surface area contributed by atoms with Crippen LogP contribution < -0.4 is 10.6 Å². The molecule has 1 atom stereocenters. The summed E-state index contributed by atoms with van der Waals surface area (Å²) in [6.45, 7) is 1.49. The first-order valence-electron chi connectivity index (χ1n) is 9.34. The second kappa shape index (κ2) is 12.2. The normalized spacial score (nSPS) is 22.9. The molecule has 2 rings (SSSR count). The van der Waals surface area contributed by atoms with Gasteiger partial charge in [0.1, 0.15) is 0 Å². The van der Waals surface area contributed by atoms with Crippen molar-refractivity contribution in [2.45, 2.75) is 63.3 Å². The molecule has 1 aliphatic carbocycles. The average molecular weight is 492 g/mol. The standard InChI is InChI=1S/C17H31F3N4O.HI/c1-21-16(22-9-5-11-25-15-6-3-2-4-7-15)23-14-8-10-24(12-14)13-17(18,19)20;/h14-15H,2-13H2,1H3,(H2,21,22,23);1H. The van der Waals surface area contributed by atoms with Crippen molar-refractivity contribution in [3.8, 4) is 0 Å². The number of hydrogen-bond acceptors (Lipinski definition) is 3. The van der Waals surface area contributed by atoms with Gasteiger partial charge in [-0.25, -0.2) is 0 Å². The fraction of sp³-hybridized carbons (Fsp3) is 0.941. The molecule has 0 aromatic carbocycles. The number of nitrogens with one attached hydrogen (secondary N) is 2. The summed E-state index contributed by atoms with van der Waals surface area (Å²) >= 11 is 0. The van der Waals surface area contributed by atoms with Crippen molar-refractivity contribution in [3.05, 3.63) is 0 Å². The van der Waals surface area contributed by atoms with Crippen LogP contribution in [-0.2, 0) is 4.74 Å². The third-order valence-corrected chi connectivity index (χ3v) is 4.76. The van der Waals surface area contributed by atoms with Crippen molar-refractivity contribution in [2.75, 3.05) is 39.8 Å². The number of rotatable bonds is 7. The third kappa shape index (κ3) is 9.59. The van der Waals surface area contributed by atoms with Gasteiger partial charge in [-0.05, 0) is 25.7 Å². The lowest BCUT2D eigenvalue weighted by Gasteiger charge is -2.22. The monoisotopic (exact) mass is 492 g/mol. The minimum absolute atomic E-state index is 0. The Balaban J connectivity index is 0.00000338. The van der Waals surface area contributed by atoms with E-state index in [1.54, 1.807) is 7.05 Å². The Bertz CT molecular complexity index is 417. The van der Waals surface area contributed by atoms with Crippen molar-refractivity contribution in [1.29, 1.82) is 0 Å². The van der Waals surface area contributed by atoms with E-state index in [0.29, 0.717) is 31.6 Å². The Kier molecular flexibility index (Phi) is 11.2. The molecule has 2 aliphatic rings. The molecule has 1 unspecified atom stereocenters. The van der Waals surface area contributed by atoms with Gasteiger partial charge in [0, 0.05) is 39.3 Å². The van der Waals surface area contributed by atoms with Crippen LogP contribution in [0.15, 0.2) is 4.99 Å². The second-order valence-electron chi connectivity index (χ2n) is 6.96. The van der Waals surface area contributed by atoms with Gasteiger partial charge in [0.25, 0.3) is 0 Å². The molecule has 1 saturated heterocycles. The van der Waals surface area contributed by atoms with Crippen LogP contribution in [0.2, 0.25) is 0 Å². The smallest absolute Gasteiger partial charge is 0.378 e. The molecular formula is C17H32F3IN4O. The summed E-state index contributed by atoms with van der Waals surface area (Å²) < 4.78 is 43.2. The molecule has 26 heavy (non-hydrogen) atoms. The largest absolute Gasteiger partial charge is 0.401 e. The number of likely N-dealkylation sites (tertiary alicyclic amines) is 1. The molecule has 0 spiro atoms. The molecule has 2 N–H and O–H groups in total. The first-order chi connectivity index (χ1) is 12.0. The summed E-state index contributed by atoms with van der Waals surface area (Å²) in [4.78, 5) is 5.59. The van der Waals surface area contributed by atoms with E-state index in [-0.39, 0.29) is 30.0 Å². The second-order valence-corrected chi connectivity index (χ2v) is 6.96. The maximum absolute atomic E-state index is 12.4. The number of nitrogens with zero attached hydrogens (tertiary/aromatic N) is 2. The van der Waals surface area contributed by atoms with Crippen LogP contribution in [-0.4, -0.2) is 69.0 Å². The Labute approximate surface area is 171 Å². The van der Waals surface area contributed by atoms with Crippen molar-refractivity contribution >= 4 is 29.9 Å². The highest BCUT2D eigenvalue weighted by Crippen LogP contribution is 2.21. The van der Waals surface area contributed by atoms with Gasteiger partial charge < -0.3 is 15.4 Å². The molecule has 0 bridgehead atoms. The topological polar surface area (TPSA) is 48.9 Å². The molecule has 154 valence electrons. The first kappa shape index (κ1) is 23.7. The lowest BCUT2D eigenvalue weighted by molar-refractivity contribution is -0.143. The van der Waals surface area contributed by atoms with Gasteiger partial charge in [0.15, 0.2) is 5.96 Å². The summed E-state index contributed by atoms with van der Waals surface area (Å²) in [5.74, 6) is 0.650. The Morgan fingerprint density at radius 1 is 1.19 bits per heavy atom. The van der Waals surface area contributed by atoms with Crippen molar-refractivity contribution in [2.24, 2.45) is 4.99 Å². The molecule has 1 saturated carbocycles. The van der Waals surface area contributed by atoms with Crippen LogP contribution in [0.4, 0.5) is 13.2 Å². The highest BCUT2D eigenvalue weighted by molar-refractivity contribution is 14.0. The lowest BCUT2D eigenvalue weighted by Crippen LogP contribution is -2.45. The molecule has 2 fully saturated rings. The summed E-state index contributed by atoms with van der Waals surface area (Å²) in [7, 11) is 1.68. The molecule has 0 aromatic rings. The van der Waals surface area contributed by atoms with Crippen LogP contribution in [0.25, 0.3) is 0 Å². The van der Waals surface area contributed by atoms with Gasteiger partial charge in [-0.3, -0.25) is 9.89 Å². The summed E-state index contributed by atoms with van der Waals surface area (Å²) in [5, 5.41) is 6.43. The van der Waals surface area contributed by atoms with Crippen LogP contribution in [0.5, 0.6) is 0 Å². The average Bonchev–Trinajstić information content (AvgIpc) is 2.99. The molecule has 1 heterocycles. The van der Waals surface area contributed by atoms with Crippen molar-refractivity contribution in [1.82, 2.24) is 15.5 Å². The highest BCUT2D eigenvalue weighted by atomic mass is 127. The fourth-order valence-corrected chi connectivity index (χ4v) is 3.50. The van der Waals surface area contributed by atoms with E-state index in [2.05, 4.69) is 15.6 Å². The van der Waals surface area contributed by atoms with E-state index >= 15 is 0 Å². The van der Waals surface area contributed by atoms with E-state index in [9.17, 15) is 13.2 Å². The lowest BCUT2D eigenvalue weighted by atomic mass is 9.98. The molecule has 0 radical (unpaired) electrons. The van der Waals surface area contributed by atoms with E-state index in [0.717, 1.165) is 19.6 Å². The van der Waals surface area contributed by atoms with Crippen LogP contribution in [0.1, 0.15) is 44.9 Å². The van der Waals surface area contributed by atoms with E-state index in [1.807, 2.05) is 0 Å². The third-order valence-electron chi connectivity index (χ3n) is 4.76. The molecule has 9 heteroatoms. The van der Waals surface area contributed by atoms with Crippen molar-refractivity contribution in [3.63, 3.8) is 0 Å². The Hall–Kier alpha value is -0.290. The minimum Gasteiger partial charge on any atom is -0.378 e. The van der Waals surface area contributed by atoms with Gasteiger partial charge >= 0.3 is 6.18 Å². The minimum atomic E-state index is -4.13. The zero-order valence-corrected chi connectivity index (χ0v) is 17.8. The summed E-state index contributed by atoms with van der Waals surface area (Å²) in [5.41, 5.74) is 0. The predicted molar refractivity (Wildman–Crippen MR) is 108 cm³/mol. The first-order valence-corrected chi connectivity index (χ1v) is 9.34. The highest BCUT2D eigenvalue weighted by Gasteiger charge is 2.34. The predicted octanol–water partition coefficient (Wildman–Crippen LogP) is 3.15. The number of aliphatic imine (C=N–C) groups is 1. The van der Waals surface area contributed by atoms with Gasteiger partial charge in [-0.1, -0.05) is 19.3 Å². The molecule has 0 amide bonds. The summed E-state index contributed by atoms with van der Waals surface area (Å²) in [6, 6.07) is 0.00652. The number of guanidine groups is 1. The zero-order valence-electron chi connectivity index (χ0n) is 15.5. The zero-order chi connectivity index (χ0) is 18.1. The quantitative estimate of drug-likeness (QED) is 0.248. The molecule has 0 aromatic heterocycles. The molecule has 5 nitrogen and oxygen atoms in total. The Morgan fingerprint density at radius 3 is 2.58 bits per heavy atom. The van der Waals surface area contributed by atoms with Crippen LogP contribution in [0.3, 0.4) is 0 Å². The van der Waals surface area contributed by atoms with E-state index in [1.165, 1.54) is 37.0 Å². The van der Waals surface area contributed by atoms with Gasteiger partial charge in [-0.15, -0.1) is 24.0 Å². The number of ether oxygens (including phenoxy) is 1. The van der Waals surface area contributed by atoms with Gasteiger partial charge in [-0.2, -0.15) is 13.2 Å². The maximum Gasteiger partial charge on any atom is 0.401 e. The van der Waals surface area contributed by atoms with Gasteiger partial charge in [0.2, 0.25) is 0 Å². The van der Waals surface area contributed by atoms with Gasteiger partial charge in [0.05, 0.1) is 12.6 Å². The van der Waals surface area contributed by atoms with E-state index < -0.39 is 12.7 Å². The van der Waals surface area contributed by atoms with Crippen molar-refractivity contribution < 1.29 is 17.9 Å². The number of hydrogen-bond donors (Lipinski definition) is 2. The number of halogens is 4. The fourth-order valence-electron chi connectivity index (χ4n) is 3.50. The SMILES string of the molecule is CN=C(NCCCOC1CCCCC1)NC1CCN(CC(F)(F)F)C1.I.